The number of hydrogen-bond donors (Lipinski definition) is 0. The van der Waals surface area contributed by atoms with Crippen LogP contribution in [0.15, 0.2) is 48.5 Å². The van der Waals surface area contributed by atoms with Crippen LogP contribution in [-0.2, 0) is 0 Å². The van der Waals surface area contributed by atoms with Crippen LogP contribution in [0.3, 0.4) is 0 Å². The summed E-state index contributed by atoms with van der Waals surface area (Å²) < 4.78 is 0. The van der Waals surface area contributed by atoms with Gasteiger partial charge < -0.3 is 0 Å². The Kier molecular flexibility index (Phi) is 4.19. The molecule has 1 saturated carbocycles. The van der Waals surface area contributed by atoms with Crippen LogP contribution in [0.2, 0.25) is 0 Å². The maximum Gasteiger partial charge on any atom is 0.166 e. The van der Waals surface area contributed by atoms with Crippen molar-refractivity contribution in [1.82, 2.24) is 0 Å². The highest BCUT2D eigenvalue weighted by Crippen LogP contribution is 2.31. The minimum Gasteiger partial charge on any atom is -0.294 e. The van der Waals surface area contributed by atoms with E-state index in [4.69, 9.17) is 0 Å². The molecular formula is C20H22O. The molecule has 108 valence electrons. The summed E-state index contributed by atoms with van der Waals surface area (Å²) in [6, 6.07) is 16.5. The fourth-order valence-electron chi connectivity index (χ4n) is 3.42. The van der Waals surface area contributed by atoms with Crippen molar-refractivity contribution in [2.45, 2.75) is 39.0 Å². The zero-order chi connectivity index (χ0) is 14.7. The predicted octanol–water partition coefficient (Wildman–Crippen LogP) is 5.43. The molecule has 2 aromatic rings. The molecule has 3 rings (SSSR count). The Hall–Kier alpha value is -1.89. The SMILES string of the molecule is Cc1c(C(=O)C2CCCCC2)cccc1-c1ccccc1. The van der Waals surface area contributed by atoms with E-state index in [0.717, 1.165) is 24.0 Å². The second-order valence-electron chi connectivity index (χ2n) is 6.04. The molecule has 0 aromatic heterocycles. The molecule has 2 aromatic carbocycles. The Bertz CT molecular complexity index is 622. The van der Waals surface area contributed by atoms with Gasteiger partial charge in [0.1, 0.15) is 0 Å². The molecule has 1 nitrogen and oxygen atoms in total. The van der Waals surface area contributed by atoms with E-state index in [1.54, 1.807) is 0 Å². The van der Waals surface area contributed by atoms with Crippen molar-refractivity contribution in [3.8, 4) is 11.1 Å². The van der Waals surface area contributed by atoms with Gasteiger partial charge in [0.15, 0.2) is 5.78 Å². The lowest BCUT2D eigenvalue weighted by Gasteiger charge is -2.21. The Morgan fingerprint density at radius 3 is 2.33 bits per heavy atom. The van der Waals surface area contributed by atoms with Gasteiger partial charge in [0.2, 0.25) is 0 Å². The lowest BCUT2D eigenvalue weighted by molar-refractivity contribution is 0.0889. The second kappa shape index (κ2) is 6.26. The van der Waals surface area contributed by atoms with E-state index < -0.39 is 0 Å². The molecule has 0 saturated heterocycles. The van der Waals surface area contributed by atoms with E-state index in [0.29, 0.717) is 5.78 Å². The van der Waals surface area contributed by atoms with E-state index in [1.807, 2.05) is 30.3 Å². The van der Waals surface area contributed by atoms with Crippen LogP contribution in [0, 0.1) is 12.8 Å². The highest BCUT2D eigenvalue weighted by molar-refractivity contribution is 6.00. The van der Waals surface area contributed by atoms with Crippen molar-refractivity contribution in [2.24, 2.45) is 5.92 Å². The van der Waals surface area contributed by atoms with Gasteiger partial charge in [0.05, 0.1) is 0 Å². The molecule has 1 aliphatic rings. The smallest absolute Gasteiger partial charge is 0.166 e. The lowest BCUT2D eigenvalue weighted by atomic mass is 9.82. The summed E-state index contributed by atoms with van der Waals surface area (Å²) in [5.74, 6) is 0.591. The standard InChI is InChI=1S/C20H22O/c1-15-18(16-9-4-2-5-10-16)13-8-14-19(15)20(21)17-11-6-3-7-12-17/h2,4-5,8-10,13-14,17H,3,6-7,11-12H2,1H3. The van der Waals surface area contributed by atoms with Gasteiger partial charge in [-0.15, -0.1) is 0 Å². The van der Waals surface area contributed by atoms with Crippen LogP contribution in [0.4, 0.5) is 0 Å². The van der Waals surface area contributed by atoms with Gasteiger partial charge in [-0.1, -0.05) is 67.8 Å². The van der Waals surface area contributed by atoms with Crippen molar-refractivity contribution in [3.05, 3.63) is 59.7 Å². The molecule has 0 heterocycles. The molecule has 0 radical (unpaired) electrons. The first-order valence-electron chi connectivity index (χ1n) is 7.96. The zero-order valence-electron chi connectivity index (χ0n) is 12.6. The Balaban J connectivity index is 1.95. The van der Waals surface area contributed by atoms with Crippen molar-refractivity contribution in [3.63, 3.8) is 0 Å². The number of Topliss-reactive ketones (excluding diaryl/α,β-unsaturated/α-hetero) is 1. The summed E-state index contributed by atoms with van der Waals surface area (Å²) in [4.78, 5) is 12.8. The molecule has 0 N–H and O–H groups in total. The number of benzene rings is 2. The second-order valence-corrected chi connectivity index (χ2v) is 6.04. The van der Waals surface area contributed by atoms with Gasteiger partial charge in [0.25, 0.3) is 0 Å². The summed E-state index contributed by atoms with van der Waals surface area (Å²) in [5.41, 5.74) is 4.41. The summed E-state index contributed by atoms with van der Waals surface area (Å²) in [7, 11) is 0. The van der Waals surface area contributed by atoms with E-state index >= 15 is 0 Å². The molecule has 1 aliphatic carbocycles. The van der Waals surface area contributed by atoms with Gasteiger partial charge >= 0.3 is 0 Å². The zero-order valence-corrected chi connectivity index (χ0v) is 12.6. The van der Waals surface area contributed by atoms with Gasteiger partial charge in [-0.25, -0.2) is 0 Å². The molecule has 0 bridgehead atoms. The highest BCUT2D eigenvalue weighted by atomic mass is 16.1. The van der Waals surface area contributed by atoms with Crippen LogP contribution < -0.4 is 0 Å². The molecular weight excluding hydrogens is 256 g/mol. The van der Waals surface area contributed by atoms with Crippen molar-refractivity contribution < 1.29 is 4.79 Å². The Morgan fingerprint density at radius 2 is 1.62 bits per heavy atom. The molecule has 0 unspecified atom stereocenters. The van der Waals surface area contributed by atoms with Crippen LogP contribution in [0.25, 0.3) is 11.1 Å². The van der Waals surface area contributed by atoms with E-state index in [9.17, 15) is 4.79 Å². The number of hydrogen-bond acceptors (Lipinski definition) is 1. The maximum absolute atomic E-state index is 12.8. The highest BCUT2D eigenvalue weighted by Gasteiger charge is 2.24. The normalized spacial score (nSPS) is 15.9. The molecule has 0 atom stereocenters. The van der Waals surface area contributed by atoms with Crippen LogP contribution in [0.5, 0.6) is 0 Å². The third kappa shape index (κ3) is 2.92. The Labute approximate surface area is 127 Å². The summed E-state index contributed by atoms with van der Waals surface area (Å²) >= 11 is 0. The largest absolute Gasteiger partial charge is 0.294 e. The van der Waals surface area contributed by atoms with Gasteiger partial charge in [-0.3, -0.25) is 4.79 Å². The monoisotopic (exact) mass is 278 g/mol. The fourth-order valence-corrected chi connectivity index (χ4v) is 3.42. The molecule has 0 aliphatic heterocycles. The molecule has 1 heteroatoms. The lowest BCUT2D eigenvalue weighted by Crippen LogP contribution is -2.18. The minimum atomic E-state index is 0.239. The van der Waals surface area contributed by atoms with Gasteiger partial charge in [-0.2, -0.15) is 0 Å². The van der Waals surface area contributed by atoms with E-state index in [2.05, 4.69) is 25.1 Å². The molecule has 1 fully saturated rings. The van der Waals surface area contributed by atoms with Gasteiger partial charge in [0, 0.05) is 11.5 Å². The number of rotatable bonds is 3. The Morgan fingerprint density at radius 1 is 0.905 bits per heavy atom. The van der Waals surface area contributed by atoms with E-state index in [-0.39, 0.29) is 5.92 Å². The fraction of sp³-hybridized carbons (Fsp3) is 0.350. The number of ketones is 1. The quantitative estimate of drug-likeness (QED) is 0.685. The first kappa shape index (κ1) is 14.1. The molecule has 21 heavy (non-hydrogen) atoms. The number of carbonyl (C=O) groups is 1. The van der Waals surface area contributed by atoms with Crippen molar-refractivity contribution in [1.29, 1.82) is 0 Å². The summed E-state index contributed by atoms with van der Waals surface area (Å²) in [6.45, 7) is 2.08. The summed E-state index contributed by atoms with van der Waals surface area (Å²) in [5, 5.41) is 0. The van der Waals surface area contributed by atoms with E-state index in [1.165, 1.54) is 30.4 Å². The first-order valence-corrected chi connectivity index (χ1v) is 7.96. The first-order chi connectivity index (χ1) is 10.3. The average Bonchev–Trinajstić information content (AvgIpc) is 2.56. The molecule has 0 amide bonds. The maximum atomic E-state index is 12.8. The van der Waals surface area contributed by atoms with Crippen LogP contribution >= 0.6 is 0 Å². The number of carbonyl (C=O) groups excluding carboxylic acids is 1. The van der Waals surface area contributed by atoms with Crippen LogP contribution in [-0.4, -0.2) is 5.78 Å². The average molecular weight is 278 g/mol. The summed E-state index contributed by atoms with van der Waals surface area (Å²) in [6.07, 6.45) is 5.82. The third-order valence-electron chi connectivity index (χ3n) is 4.66. The third-order valence-corrected chi connectivity index (χ3v) is 4.66. The van der Waals surface area contributed by atoms with Crippen LogP contribution in [0.1, 0.15) is 48.0 Å². The van der Waals surface area contributed by atoms with Gasteiger partial charge in [-0.05, 0) is 36.5 Å². The van der Waals surface area contributed by atoms with Crippen molar-refractivity contribution >= 4 is 5.78 Å². The molecule has 0 spiro atoms. The minimum absolute atomic E-state index is 0.239. The van der Waals surface area contributed by atoms with Crippen molar-refractivity contribution in [2.75, 3.05) is 0 Å². The topological polar surface area (TPSA) is 17.1 Å². The predicted molar refractivity (Wildman–Crippen MR) is 87.5 cm³/mol.